The molecule has 0 aliphatic heterocycles. The minimum absolute atomic E-state index is 0.586. The standard InChI is InChI=1S/C21H22O2/c1-3-5-6-17-7-9-18(10-8-17)11-12-19-13-15-20(16-14-19)23-21(22)4-2/h4,7-10,13-16,21-22H,2-3,5-6H2,1H3. The Bertz CT molecular complexity index is 673. The zero-order chi connectivity index (χ0) is 16.5. The van der Waals surface area contributed by atoms with E-state index in [2.05, 4.69) is 49.6 Å². The van der Waals surface area contributed by atoms with Crippen LogP contribution in [0.4, 0.5) is 0 Å². The van der Waals surface area contributed by atoms with Crippen LogP contribution >= 0.6 is 0 Å². The Morgan fingerprint density at radius 3 is 2.13 bits per heavy atom. The highest BCUT2D eigenvalue weighted by Gasteiger charge is 1.99. The molecule has 0 aliphatic carbocycles. The summed E-state index contributed by atoms with van der Waals surface area (Å²) in [4.78, 5) is 0. The second kappa shape index (κ2) is 8.82. The summed E-state index contributed by atoms with van der Waals surface area (Å²) in [6.45, 7) is 5.67. The predicted octanol–water partition coefficient (Wildman–Crippen LogP) is 4.31. The first-order valence-electron chi connectivity index (χ1n) is 7.89. The molecular weight excluding hydrogens is 284 g/mol. The maximum absolute atomic E-state index is 9.34. The van der Waals surface area contributed by atoms with Crippen LogP contribution in [-0.4, -0.2) is 11.4 Å². The fraction of sp³-hybridized carbons (Fsp3) is 0.238. The third kappa shape index (κ3) is 5.65. The van der Waals surface area contributed by atoms with Gasteiger partial charge in [-0.1, -0.05) is 43.9 Å². The summed E-state index contributed by atoms with van der Waals surface area (Å²) in [7, 11) is 0. The fourth-order valence-corrected chi connectivity index (χ4v) is 2.08. The Labute approximate surface area is 138 Å². The van der Waals surface area contributed by atoms with Gasteiger partial charge in [-0.2, -0.15) is 0 Å². The largest absolute Gasteiger partial charge is 0.461 e. The van der Waals surface area contributed by atoms with Crippen LogP contribution < -0.4 is 4.74 Å². The minimum Gasteiger partial charge on any atom is -0.461 e. The van der Waals surface area contributed by atoms with Crippen molar-refractivity contribution < 1.29 is 9.84 Å². The molecule has 1 N–H and O–H groups in total. The molecule has 118 valence electrons. The van der Waals surface area contributed by atoms with Crippen LogP contribution in [0.25, 0.3) is 0 Å². The lowest BCUT2D eigenvalue weighted by Gasteiger charge is -2.08. The van der Waals surface area contributed by atoms with Gasteiger partial charge in [0.05, 0.1) is 0 Å². The molecule has 0 bridgehead atoms. The smallest absolute Gasteiger partial charge is 0.216 e. The Kier molecular flexibility index (Phi) is 6.47. The van der Waals surface area contributed by atoms with Crippen molar-refractivity contribution in [3.63, 3.8) is 0 Å². The summed E-state index contributed by atoms with van der Waals surface area (Å²) in [5.41, 5.74) is 3.27. The fourth-order valence-electron chi connectivity index (χ4n) is 2.08. The minimum atomic E-state index is -0.988. The third-order valence-electron chi connectivity index (χ3n) is 3.44. The molecule has 23 heavy (non-hydrogen) atoms. The van der Waals surface area contributed by atoms with E-state index in [4.69, 9.17) is 4.74 Å². The Morgan fingerprint density at radius 2 is 1.61 bits per heavy atom. The molecule has 0 saturated carbocycles. The van der Waals surface area contributed by atoms with Crippen molar-refractivity contribution in [3.05, 3.63) is 77.9 Å². The third-order valence-corrected chi connectivity index (χ3v) is 3.44. The molecule has 0 spiro atoms. The van der Waals surface area contributed by atoms with Gasteiger partial charge in [0.2, 0.25) is 6.29 Å². The van der Waals surface area contributed by atoms with E-state index in [0.29, 0.717) is 5.75 Å². The van der Waals surface area contributed by atoms with Gasteiger partial charge in [0.15, 0.2) is 0 Å². The summed E-state index contributed by atoms with van der Waals surface area (Å²) in [5.74, 6) is 6.88. The molecule has 0 saturated heterocycles. The summed E-state index contributed by atoms with van der Waals surface area (Å²) < 4.78 is 5.22. The van der Waals surface area contributed by atoms with Crippen molar-refractivity contribution in [2.75, 3.05) is 0 Å². The topological polar surface area (TPSA) is 29.5 Å². The molecular formula is C21H22O2. The first-order valence-corrected chi connectivity index (χ1v) is 7.89. The first kappa shape index (κ1) is 16.9. The van der Waals surface area contributed by atoms with Crippen LogP contribution in [0.5, 0.6) is 5.75 Å². The number of ether oxygens (including phenoxy) is 1. The van der Waals surface area contributed by atoms with E-state index in [1.807, 2.05) is 12.1 Å². The molecule has 1 atom stereocenters. The monoisotopic (exact) mass is 306 g/mol. The van der Waals surface area contributed by atoms with Gasteiger partial charge < -0.3 is 9.84 Å². The summed E-state index contributed by atoms with van der Waals surface area (Å²) in [6.07, 6.45) is 3.91. The lowest BCUT2D eigenvalue weighted by atomic mass is 10.1. The van der Waals surface area contributed by atoms with Crippen molar-refractivity contribution in [2.45, 2.75) is 32.5 Å². The molecule has 0 fully saturated rings. The highest BCUT2D eigenvalue weighted by molar-refractivity contribution is 5.44. The maximum Gasteiger partial charge on any atom is 0.216 e. The molecule has 0 radical (unpaired) electrons. The van der Waals surface area contributed by atoms with Gasteiger partial charge in [-0.25, -0.2) is 0 Å². The van der Waals surface area contributed by atoms with Crippen molar-refractivity contribution in [2.24, 2.45) is 0 Å². The lowest BCUT2D eigenvalue weighted by Crippen LogP contribution is -2.10. The van der Waals surface area contributed by atoms with Crippen LogP contribution in [0.3, 0.4) is 0 Å². The van der Waals surface area contributed by atoms with Gasteiger partial charge in [0.1, 0.15) is 5.75 Å². The molecule has 2 heteroatoms. The molecule has 1 unspecified atom stereocenters. The quantitative estimate of drug-likeness (QED) is 0.489. The molecule has 2 rings (SSSR count). The number of benzene rings is 2. The van der Waals surface area contributed by atoms with Crippen molar-refractivity contribution in [1.82, 2.24) is 0 Å². The van der Waals surface area contributed by atoms with Crippen LogP contribution in [0.2, 0.25) is 0 Å². The van der Waals surface area contributed by atoms with E-state index in [-0.39, 0.29) is 0 Å². The second-order valence-corrected chi connectivity index (χ2v) is 5.32. The molecule has 2 aromatic rings. The van der Waals surface area contributed by atoms with E-state index >= 15 is 0 Å². The van der Waals surface area contributed by atoms with Crippen molar-refractivity contribution in [1.29, 1.82) is 0 Å². The van der Waals surface area contributed by atoms with Crippen LogP contribution in [0.1, 0.15) is 36.5 Å². The number of aliphatic hydroxyl groups excluding tert-OH is 1. The van der Waals surface area contributed by atoms with E-state index < -0.39 is 6.29 Å². The summed E-state index contributed by atoms with van der Waals surface area (Å²) in [6, 6.07) is 15.7. The number of aryl methyl sites for hydroxylation is 1. The van der Waals surface area contributed by atoms with E-state index in [1.165, 1.54) is 24.5 Å². The maximum atomic E-state index is 9.34. The van der Waals surface area contributed by atoms with Gasteiger partial charge >= 0.3 is 0 Å². The van der Waals surface area contributed by atoms with E-state index in [0.717, 1.165) is 17.5 Å². The first-order chi connectivity index (χ1) is 11.2. The summed E-state index contributed by atoms with van der Waals surface area (Å²) >= 11 is 0. The molecule has 0 heterocycles. The number of hydrogen-bond donors (Lipinski definition) is 1. The van der Waals surface area contributed by atoms with Gasteiger partial charge in [0, 0.05) is 11.1 Å². The highest BCUT2D eigenvalue weighted by Crippen LogP contribution is 2.13. The van der Waals surface area contributed by atoms with Gasteiger partial charge in [-0.3, -0.25) is 0 Å². The van der Waals surface area contributed by atoms with Gasteiger partial charge in [-0.05, 0) is 60.9 Å². The molecule has 2 aromatic carbocycles. The van der Waals surface area contributed by atoms with Crippen molar-refractivity contribution >= 4 is 0 Å². The molecule has 0 aromatic heterocycles. The van der Waals surface area contributed by atoms with Crippen LogP contribution in [0.15, 0.2) is 61.2 Å². The van der Waals surface area contributed by atoms with Gasteiger partial charge in [-0.15, -0.1) is 0 Å². The van der Waals surface area contributed by atoms with Gasteiger partial charge in [0.25, 0.3) is 0 Å². The number of unbranched alkanes of at least 4 members (excludes halogenated alkanes) is 1. The summed E-state index contributed by atoms with van der Waals surface area (Å²) in [5, 5.41) is 9.34. The number of rotatable bonds is 6. The predicted molar refractivity (Wildman–Crippen MR) is 94.3 cm³/mol. The molecule has 0 aliphatic rings. The normalized spacial score (nSPS) is 11.2. The number of aliphatic hydroxyl groups is 1. The Morgan fingerprint density at radius 1 is 1.04 bits per heavy atom. The average Bonchev–Trinajstić information content (AvgIpc) is 2.60. The highest BCUT2D eigenvalue weighted by atomic mass is 16.6. The SMILES string of the molecule is C=CC(O)Oc1ccc(C#Cc2ccc(CCCC)cc2)cc1. The second-order valence-electron chi connectivity index (χ2n) is 5.32. The zero-order valence-corrected chi connectivity index (χ0v) is 13.5. The van der Waals surface area contributed by atoms with E-state index in [1.54, 1.807) is 12.1 Å². The Hall–Kier alpha value is -2.50. The molecule has 2 nitrogen and oxygen atoms in total. The lowest BCUT2D eigenvalue weighted by molar-refractivity contribution is 0.0251. The number of hydrogen-bond acceptors (Lipinski definition) is 2. The van der Waals surface area contributed by atoms with E-state index in [9.17, 15) is 5.11 Å². The average molecular weight is 306 g/mol. The zero-order valence-electron chi connectivity index (χ0n) is 13.5. The Balaban J connectivity index is 1.99. The van der Waals surface area contributed by atoms with Crippen molar-refractivity contribution in [3.8, 4) is 17.6 Å². The molecule has 0 amide bonds. The van der Waals surface area contributed by atoms with Crippen LogP contribution in [0, 0.1) is 11.8 Å². The van der Waals surface area contributed by atoms with Crippen LogP contribution in [-0.2, 0) is 6.42 Å².